The molecule has 7 heteroatoms. The fourth-order valence-electron chi connectivity index (χ4n) is 2.58. The van der Waals surface area contributed by atoms with Gasteiger partial charge < -0.3 is 10.5 Å². The first-order valence-corrected chi connectivity index (χ1v) is 6.97. The first-order chi connectivity index (χ1) is 11.5. The van der Waals surface area contributed by atoms with Gasteiger partial charge in [-0.15, -0.1) is 0 Å². The number of anilines is 1. The van der Waals surface area contributed by atoms with Gasteiger partial charge in [0.15, 0.2) is 0 Å². The van der Waals surface area contributed by atoms with Crippen molar-refractivity contribution in [3.63, 3.8) is 0 Å². The second-order valence-electron chi connectivity index (χ2n) is 5.05. The lowest BCUT2D eigenvalue weighted by Gasteiger charge is -2.12. The Hall–Kier alpha value is -3.66. The summed E-state index contributed by atoms with van der Waals surface area (Å²) < 4.78 is 5.23. The van der Waals surface area contributed by atoms with E-state index in [0.29, 0.717) is 27.8 Å². The third kappa shape index (κ3) is 2.46. The van der Waals surface area contributed by atoms with Crippen LogP contribution in [0.1, 0.15) is 5.56 Å². The van der Waals surface area contributed by atoms with Crippen molar-refractivity contribution in [2.75, 3.05) is 12.8 Å². The summed E-state index contributed by atoms with van der Waals surface area (Å²) in [7, 11) is 1.53. The molecule has 1 aromatic heterocycles. The molecule has 0 saturated heterocycles. The van der Waals surface area contributed by atoms with Gasteiger partial charge in [-0.2, -0.15) is 5.26 Å². The number of hydrogen-bond acceptors (Lipinski definition) is 6. The van der Waals surface area contributed by atoms with Gasteiger partial charge in [0.2, 0.25) is 0 Å². The molecule has 0 aliphatic rings. The van der Waals surface area contributed by atoms with E-state index in [1.165, 1.54) is 19.2 Å². The third-order valence-corrected chi connectivity index (χ3v) is 3.68. The predicted molar refractivity (Wildman–Crippen MR) is 89.5 cm³/mol. The van der Waals surface area contributed by atoms with E-state index in [2.05, 4.69) is 4.98 Å². The van der Waals surface area contributed by atoms with Crippen molar-refractivity contribution in [3.05, 3.63) is 58.1 Å². The predicted octanol–water partition coefficient (Wildman–Crippen LogP) is 3.27. The third-order valence-electron chi connectivity index (χ3n) is 3.68. The zero-order chi connectivity index (χ0) is 17.3. The van der Waals surface area contributed by atoms with Gasteiger partial charge in [-0.3, -0.25) is 10.1 Å². The monoisotopic (exact) mass is 320 g/mol. The molecule has 0 fully saturated rings. The molecule has 0 spiro atoms. The van der Waals surface area contributed by atoms with Crippen LogP contribution < -0.4 is 10.5 Å². The van der Waals surface area contributed by atoms with Crippen LogP contribution in [-0.2, 0) is 0 Å². The van der Waals surface area contributed by atoms with E-state index in [4.69, 9.17) is 10.5 Å². The minimum absolute atomic E-state index is 0.0668. The van der Waals surface area contributed by atoms with Crippen molar-refractivity contribution in [3.8, 4) is 22.9 Å². The number of nitro benzene ring substituents is 1. The maximum Gasteiger partial charge on any atom is 0.270 e. The Labute approximate surface area is 137 Å². The Morgan fingerprint density at radius 3 is 2.75 bits per heavy atom. The maximum absolute atomic E-state index is 11.1. The Morgan fingerprint density at radius 2 is 2.08 bits per heavy atom. The van der Waals surface area contributed by atoms with E-state index < -0.39 is 4.92 Å². The lowest BCUT2D eigenvalue weighted by Crippen LogP contribution is -2.00. The van der Waals surface area contributed by atoms with Crippen LogP contribution in [0.15, 0.2) is 42.5 Å². The second-order valence-corrected chi connectivity index (χ2v) is 5.05. The van der Waals surface area contributed by atoms with E-state index in [-0.39, 0.29) is 17.1 Å². The number of aromatic nitrogens is 1. The highest BCUT2D eigenvalue weighted by Crippen LogP contribution is 2.36. The van der Waals surface area contributed by atoms with Gasteiger partial charge in [-0.1, -0.05) is 12.1 Å². The molecule has 24 heavy (non-hydrogen) atoms. The lowest BCUT2D eigenvalue weighted by molar-refractivity contribution is -0.384. The lowest BCUT2D eigenvalue weighted by atomic mass is 9.95. The number of nitrogens with zero attached hydrogens (tertiary/aromatic N) is 3. The van der Waals surface area contributed by atoms with Gasteiger partial charge in [0, 0.05) is 23.1 Å². The van der Waals surface area contributed by atoms with Crippen LogP contribution >= 0.6 is 0 Å². The van der Waals surface area contributed by atoms with E-state index >= 15 is 0 Å². The molecule has 0 bridgehead atoms. The molecular formula is C17H12N4O3. The van der Waals surface area contributed by atoms with E-state index in [1.807, 2.05) is 6.07 Å². The van der Waals surface area contributed by atoms with E-state index in [0.717, 1.165) is 0 Å². The van der Waals surface area contributed by atoms with Gasteiger partial charge in [0.25, 0.3) is 5.69 Å². The topological polar surface area (TPSA) is 115 Å². The summed E-state index contributed by atoms with van der Waals surface area (Å²) in [6, 6.07) is 13.3. The molecule has 2 N–H and O–H groups in total. The molecule has 7 nitrogen and oxygen atoms in total. The zero-order valence-corrected chi connectivity index (χ0v) is 12.7. The van der Waals surface area contributed by atoms with Gasteiger partial charge in [0.05, 0.1) is 17.5 Å². The largest absolute Gasteiger partial charge is 0.497 e. The van der Waals surface area contributed by atoms with Crippen molar-refractivity contribution in [1.29, 1.82) is 5.26 Å². The van der Waals surface area contributed by atoms with Crippen LogP contribution in [0.2, 0.25) is 0 Å². The average molecular weight is 320 g/mol. The first-order valence-electron chi connectivity index (χ1n) is 6.97. The fraction of sp³-hybridized carbons (Fsp3) is 0.0588. The Bertz CT molecular complexity index is 1010. The molecule has 1 heterocycles. The number of hydrogen-bond donors (Lipinski definition) is 1. The molecular weight excluding hydrogens is 308 g/mol. The highest BCUT2D eigenvalue weighted by molar-refractivity contribution is 6.00. The van der Waals surface area contributed by atoms with Gasteiger partial charge in [-0.25, -0.2) is 4.98 Å². The highest BCUT2D eigenvalue weighted by atomic mass is 16.6. The molecule has 0 aliphatic heterocycles. The van der Waals surface area contributed by atoms with Gasteiger partial charge in [-0.05, 0) is 23.8 Å². The normalized spacial score (nSPS) is 10.3. The molecule has 0 amide bonds. The Balaban J connectivity index is 2.42. The van der Waals surface area contributed by atoms with Crippen molar-refractivity contribution < 1.29 is 9.66 Å². The summed E-state index contributed by atoms with van der Waals surface area (Å²) in [5, 5.41) is 21.2. The molecule has 0 atom stereocenters. The molecule has 3 rings (SSSR count). The van der Waals surface area contributed by atoms with Crippen LogP contribution in [0.25, 0.3) is 22.0 Å². The van der Waals surface area contributed by atoms with Crippen molar-refractivity contribution in [2.24, 2.45) is 0 Å². The summed E-state index contributed by atoms with van der Waals surface area (Å²) in [5.74, 6) is 0.668. The summed E-state index contributed by atoms with van der Waals surface area (Å²) in [5.41, 5.74) is 7.62. The number of ether oxygens (including phenoxy) is 1. The number of nitrogen functional groups attached to an aromatic ring is 1. The highest BCUT2D eigenvalue weighted by Gasteiger charge is 2.17. The number of non-ortho nitro benzene ring substituents is 1. The van der Waals surface area contributed by atoms with Crippen LogP contribution in [0.4, 0.5) is 11.5 Å². The number of nitro groups is 1. The van der Waals surface area contributed by atoms with Crippen molar-refractivity contribution in [2.45, 2.75) is 0 Å². The summed E-state index contributed by atoms with van der Waals surface area (Å²) in [4.78, 5) is 14.8. The quantitative estimate of drug-likeness (QED) is 0.585. The van der Waals surface area contributed by atoms with Crippen LogP contribution in [-0.4, -0.2) is 17.0 Å². The average Bonchev–Trinajstić information content (AvgIpc) is 2.60. The van der Waals surface area contributed by atoms with E-state index in [9.17, 15) is 15.4 Å². The minimum Gasteiger partial charge on any atom is -0.497 e. The second kappa shape index (κ2) is 5.85. The summed E-state index contributed by atoms with van der Waals surface area (Å²) in [6.45, 7) is 0. The van der Waals surface area contributed by atoms with Crippen molar-refractivity contribution >= 4 is 22.4 Å². The maximum atomic E-state index is 11.1. The Morgan fingerprint density at radius 1 is 1.29 bits per heavy atom. The SMILES string of the molecule is COc1ccc2nc(N)c(C#N)c(-c3cccc([N+](=O)[O-])c3)c2c1. The number of rotatable bonds is 3. The smallest absolute Gasteiger partial charge is 0.270 e. The standard InChI is InChI=1S/C17H12N4O3/c1-24-12-5-6-15-13(8-12)16(14(9-18)17(19)20-15)10-3-2-4-11(7-10)21(22)23/h2-8H,1H3,(H2,19,20). The molecule has 0 saturated carbocycles. The number of fused-ring (bicyclic) bond motifs is 1. The molecule has 0 aliphatic carbocycles. The molecule has 118 valence electrons. The van der Waals surface area contributed by atoms with E-state index in [1.54, 1.807) is 30.3 Å². The minimum atomic E-state index is -0.483. The van der Waals surface area contributed by atoms with Gasteiger partial charge >= 0.3 is 0 Å². The van der Waals surface area contributed by atoms with Gasteiger partial charge in [0.1, 0.15) is 23.2 Å². The van der Waals surface area contributed by atoms with Crippen LogP contribution in [0.5, 0.6) is 5.75 Å². The molecule has 3 aromatic rings. The molecule has 2 aromatic carbocycles. The fourth-order valence-corrected chi connectivity index (χ4v) is 2.58. The first kappa shape index (κ1) is 15.2. The number of methoxy groups -OCH3 is 1. The number of nitrogens with two attached hydrogens (primary N) is 1. The number of benzene rings is 2. The number of pyridine rings is 1. The zero-order valence-electron chi connectivity index (χ0n) is 12.7. The summed E-state index contributed by atoms with van der Waals surface area (Å²) >= 11 is 0. The Kier molecular flexibility index (Phi) is 3.72. The van der Waals surface area contributed by atoms with Crippen LogP contribution in [0.3, 0.4) is 0 Å². The molecule has 0 unspecified atom stereocenters. The molecule has 0 radical (unpaired) electrons. The number of nitriles is 1. The van der Waals surface area contributed by atoms with Crippen molar-refractivity contribution in [1.82, 2.24) is 4.98 Å². The summed E-state index contributed by atoms with van der Waals surface area (Å²) in [6.07, 6.45) is 0. The van der Waals surface area contributed by atoms with Crippen LogP contribution in [0, 0.1) is 21.4 Å².